The summed E-state index contributed by atoms with van der Waals surface area (Å²) in [6, 6.07) is 5.22. The number of aromatic amines is 1. The van der Waals surface area contributed by atoms with Crippen molar-refractivity contribution in [3.63, 3.8) is 0 Å². The van der Waals surface area contributed by atoms with Gasteiger partial charge >= 0.3 is 0 Å². The second kappa shape index (κ2) is 7.15. The van der Waals surface area contributed by atoms with Crippen molar-refractivity contribution in [3.8, 4) is 0 Å². The fourth-order valence-electron chi connectivity index (χ4n) is 1.96. The van der Waals surface area contributed by atoms with Crippen molar-refractivity contribution in [2.45, 2.75) is 25.9 Å². The van der Waals surface area contributed by atoms with Crippen LogP contribution in [0.1, 0.15) is 19.2 Å². The lowest BCUT2D eigenvalue weighted by molar-refractivity contribution is 0.524. The molecule has 0 fully saturated rings. The lowest BCUT2D eigenvalue weighted by Crippen LogP contribution is -2.28. The van der Waals surface area contributed by atoms with Gasteiger partial charge in [0.15, 0.2) is 0 Å². The average molecular weight is 328 g/mol. The highest BCUT2D eigenvalue weighted by Crippen LogP contribution is 2.14. The van der Waals surface area contributed by atoms with Gasteiger partial charge in [0.25, 0.3) is 5.56 Å². The number of hydrogen-bond donors (Lipinski definition) is 2. The number of fused-ring (bicyclic) bond motifs is 1. The van der Waals surface area contributed by atoms with Crippen molar-refractivity contribution in [3.05, 3.63) is 39.4 Å². The molecule has 2 aromatic rings. The summed E-state index contributed by atoms with van der Waals surface area (Å²) >= 11 is 5.93. The van der Waals surface area contributed by atoms with E-state index in [0.717, 1.165) is 6.42 Å². The van der Waals surface area contributed by atoms with Gasteiger partial charge < -0.3 is 10.3 Å². The molecule has 0 bridgehead atoms. The topological polar surface area (TPSA) is 74.8 Å². The molecule has 0 aliphatic rings. The van der Waals surface area contributed by atoms with E-state index < -0.39 is 10.8 Å². The highest BCUT2D eigenvalue weighted by molar-refractivity contribution is 7.84. The van der Waals surface area contributed by atoms with Crippen LogP contribution in [0, 0.1) is 0 Å². The van der Waals surface area contributed by atoms with Gasteiger partial charge in [-0.2, -0.15) is 0 Å². The van der Waals surface area contributed by atoms with Crippen molar-refractivity contribution >= 4 is 33.3 Å². The Balaban J connectivity index is 2.09. The Morgan fingerprint density at radius 2 is 2.24 bits per heavy atom. The molecule has 2 N–H and O–H groups in total. The Hall–Kier alpha value is -1.24. The van der Waals surface area contributed by atoms with Crippen molar-refractivity contribution in [1.29, 1.82) is 0 Å². The number of benzene rings is 1. The van der Waals surface area contributed by atoms with Crippen molar-refractivity contribution in [1.82, 2.24) is 15.3 Å². The van der Waals surface area contributed by atoms with E-state index in [2.05, 4.69) is 15.3 Å². The summed E-state index contributed by atoms with van der Waals surface area (Å²) in [6.45, 7) is 2.47. The molecule has 1 aromatic heterocycles. The maximum atomic E-state index is 12.0. The number of rotatable bonds is 6. The van der Waals surface area contributed by atoms with Crippen molar-refractivity contribution < 1.29 is 4.21 Å². The first kappa shape index (κ1) is 16.1. The monoisotopic (exact) mass is 327 g/mol. The summed E-state index contributed by atoms with van der Waals surface area (Å²) < 4.78 is 11.1. The SMILES string of the molecule is CC(CCS(C)=O)NCc1nc2cc(Cl)ccc2c(=O)[nH]1. The zero-order valence-electron chi connectivity index (χ0n) is 12.0. The van der Waals surface area contributed by atoms with Crippen LogP contribution < -0.4 is 10.9 Å². The molecular weight excluding hydrogens is 310 g/mol. The quantitative estimate of drug-likeness (QED) is 0.848. The van der Waals surface area contributed by atoms with E-state index in [1.165, 1.54) is 0 Å². The van der Waals surface area contributed by atoms with Crippen LogP contribution >= 0.6 is 11.6 Å². The first-order valence-corrected chi connectivity index (χ1v) is 8.78. The van der Waals surface area contributed by atoms with E-state index in [9.17, 15) is 9.00 Å². The molecule has 0 spiro atoms. The standard InChI is InChI=1S/C14H18ClN3O2S/c1-9(5-6-21(2)20)16-8-13-17-12-7-10(15)3-4-11(12)14(19)18-13/h3-4,7,9,16H,5-6,8H2,1-2H3,(H,17,18,19). The first-order chi connectivity index (χ1) is 9.95. The highest BCUT2D eigenvalue weighted by atomic mass is 35.5. The predicted octanol–water partition coefficient (Wildman–Crippen LogP) is 1.82. The number of hydrogen-bond acceptors (Lipinski definition) is 4. The molecule has 5 nitrogen and oxygen atoms in total. The van der Waals surface area contributed by atoms with Crippen LogP contribution in [-0.2, 0) is 17.3 Å². The lowest BCUT2D eigenvalue weighted by atomic mass is 10.2. The van der Waals surface area contributed by atoms with Gasteiger partial charge in [-0.3, -0.25) is 9.00 Å². The van der Waals surface area contributed by atoms with Gasteiger partial charge in [-0.15, -0.1) is 0 Å². The molecule has 0 aliphatic heterocycles. The summed E-state index contributed by atoms with van der Waals surface area (Å²) in [4.78, 5) is 19.1. The van der Waals surface area contributed by atoms with E-state index >= 15 is 0 Å². The van der Waals surface area contributed by atoms with E-state index in [1.807, 2.05) is 6.92 Å². The van der Waals surface area contributed by atoms with Crippen LogP contribution in [0.15, 0.2) is 23.0 Å². The number of halogens is 1. The summed E-state index contributed by atoms with van der Waals surface area (Å²) in [5, 5.41) is 4.34. The van der Waals surface area contributed by atoms with Crippen LogP contribution in [-0.4, -0.2) is 32.2 Å². The largest absolute Gasteiger partial charge is 0.309 e. The van der Waals surface area contributed by atoms with Gasteiger partial charge in [0.2, 0.25) is 0 Å². The zero-order valence-corrected chi connectivity index (χ0v) is 13.6. The minimum absolute atomic E-state index is 0.171. The van der Waals surface area contributed by atoms with Crippen LogP contribution in [0.3, 0.4) is 0 Å². The summed E-state index contributed by atoms with van der Waals surface area (Å²) in [5.41, 5.74) is 0.418. The van der Waals surface area contributed by atoms with E-state index in [4.69, 9.17) is 11.6 Å². The van der Waals surface area contributed by atoms with E-state index in [1.54, 1.807) is 24.5 Å². The Morgan fingerprint density at radius 3 is 2.95 bits per heavy atom. The molecular formula is C14H18ClN3O2S. The molecule has 0 saturated carbocycles. The first-order valence-electron chi connectivity index (χ1n) is 6.67. The number of nitrogens with one attached hydrogen (secondary N) is 2. The van der Waals surface area contributed by atoms with Crippen molar-refractivity contribution in [2.75, 3.05) is 12.0 Å². The third kappa shape index (κ3) is 4.62. The molecule has 1 heterocycles. The van der Waals surface area contributed by atoms with Crippen molar-refractivity contribution in [2.24, 2.45) is 0 Å². The van der Waals surface area contributed by atoms with Gasteiger partial charge in [0.1, 0.15) is 5.82 Å². The highest BCUT2D eigenvalue weighted by Gasteiger charge is 2.07. The maximum Gasteiger partial charge on any atom is 0.258 e. The molecule has 2 unspecified atom stereocenters. The summed E-state index contributed by atoms with van der Waals surface area (Å²) in [7, 11) is -0.787. The molecule has 2 rings (SSSR count). The van der Waals surface area contributed by atoms with Crippen LogP contribution in [0.25, 0.3) is 10.9 Å². The second-order valence-corrected chi connectivity index (χ2v) is 7.01. The fourth-order valence-corrected chi connectivity index (χ4v) is 2.81. The van der Waals surface area contributed by atoms with E-state index in [-0.39, 0.29) is 11.6 Å². The molecule has 7 heteroatoms. The minimum Gasteiger partial charge on any atom is -0.309 e. The van der Waals surface area contributed by atoms with Gasteiger partial charge in [-0.1, -0.05) is 11.6 Å². The molecule has 0 radical (unpaired) electrons. The molecule has 0 amide bonds. The second-order valence-electron chi connectivity index (χ2n) is 5.02. The predicted molar refractivity (Wildman–Crippen MR) is 87.2 cm³/mol. The Kier molecular flexibility index (Phi) is 5.50. The molecule has 2 atom stereocenters. The Labute approximate surface area is 130 Å². The van der Waals surface area contributed by atoms with Gasteiger partial charge in [0.05, 0.1) is 17.4 Å². The van der Waals surface area contributed by atoms with Crippen LogP contribution in [0.4, 0.5) is 0 Å². The third-order valence-corrected chi connectivity index (χ3v) is 4.22. The van der Waals surface area contributed by atoms with Crippen LogP contribution in [0.5, 0.6) is 0 Å². The Morgan fingerprint density at radius 1 is 1.48 bits per heavy atom. The minimum atomic E-state index is -0.787. The smallest absolute Gasteiger partial charge is 0.258 e. The van der Waals surface area contributed by atoms with Gasteiger partial charge in [-0.25, -0.2) is 4.98 Å². The number of H-pyrrole nitrogens is 1. The molecule has 0 saturated heterocycles. The van der Waals surface area contributed by atoms with Gasteiger partial charge in [0, 0.05) is 33.9 Å². The average Bonchev–Trinajstić information content (AvgIpc) is 2.42. The maximum absolute atomic E-state index is 12.0. The van der Waals surface area contributed by atoms with Gasteiger partial charge in [-0.05, 0) is 31.5 Å². The molecule has 114 valence electrons. The Bertz CT molecular complexity index is 717. The molecule has 1 aromatic carbocycles. The normalized spacial score (nSPS) is 14.2. The lowest BCUT2D eigenvalue weighted by Gasteiger charge is -2.12. The van der Waals surface area contributed by atoms with E-state index in [0.29, 0.717) is 34.0 Å². The summed E-state index contributed by atoms with van der Waals surface area (Å²) in [5.74, 6) is 1.23. The van der Waals surface area contributed by atoms with Crippen LogP contribution in [0.2, 0.25) is 5.02 Å². The third-order valence-electron chi connectivity index (χ3n) is 3.17. The molecule has 21 heavy (non-hydrogen) atoms. The number of nitrogens with zero attached hydrogens (tertiary/aromatic N) is 1. The summed E-state index contributed by atoms with van der Waals surface area (Å²) in [6.07, 6.45) is 2.51. The fraction of sp³-hybridized carbons (Fsp3) is 0.429. The molecule has 0 aliphatic carbocycles. The number of aromatic nitrogens is 2. The zero-order chi connectivity index (χ0) is 15.4.